The zero-order chi connectivity index (χ0) is 13.8. The zero-order valence-electron chi connectivity index (χ0n) is 10.4. The Hall–Kier alpha value is -1.69. The summed E-state index contributed by atoms with van der Waals surface area (Å²) in [6.45, 7) is 3.79. The van der Waals surface area contributed by atoms with E-state index in [1.165, 1.54) is 0 Å². The number of nitrogens with one attached hydrogen (secondary N) is 1. The lowest BCUT2D eigenvalue weighted by Crippen LogP contribution is -2.35. The molecule has 0 saturated heterocycles. The first-order chi connectivity index (χ1) is 8.41. The molecule has 5 nitrogen and oxygen atoms in total. The lowest BCUT2D eigenvalue weighted by Gasteiger charge is -2.25. The van der Waals surface area contributed by atoms with Crippen molar-refractivity contribution >= 4 is 11.4 Å². The minimum atomic E-state index is -0.944. The van der Waals surface area contributed by atoms with E-state index in [4.69, 9.17) is 0 Å². The average molecular weight is 256 g/mol. The highest BCUT2D eigenvalue weighted by atomic mass is 19.1. The second-order valence-corrected chi connectivity index (χ2v) is 4.20. The van der Waals surface area contributed by atoms with Crippen molar-refractivity contribution in [2.75, 3.05) is 11.9 Å². The van der Waals surface area contributed by atoms with Gasteiger partial charge in [0.2, 0.25) is 0 Å². The molecule has 0 saturated carbocycles. The third-order valence-corrected chi connectivity index (χ3v) is 3.08. The molecule has 0 atom stereocenters. The van der Waals surface area contributed by atoms with Crippen LogP contribution in [0.5, 0.6) is 0 Å². The lowest BCUT2D eigenvalue weighted by molar-refractivity contribution is -0.384. The Morgan fingerprint density at radius 3 is 2.56 bits per heavy atom. The molecule has 0 fully saturated rings. The molecule has 1 aromatic rings. The molecule has 1 rings (SSSR count). The van der Waals surface area contributed by atoms with Crippen LogP contribution in [0.15, 0.2) is 18.2 Å². The van der Waals surface area contributed by atoms with E-state index in [1.54, 1.807) is 0 Å². The van der Waals surface area contributed by atoms with Crippen LogP contribution in [0, 0.1) is 15.9 Å². The number of nitro groups is 1. The Balaban J connectivity index is 2.90. The van der Waals surface area contributed by atoms with Crippen LogP contribution in [0.4, 0.5) is 15.8 Å². The van der Waals surface area contributed by atoms with Crippen LogP contribution in [0.1, 0.15) is 26.7 Å². The van der Waals surface area contributed by atoms with Crippen LogP contribution in [-0.4, -0.2) is 22.2 Å². The highest BCUT2D eigenvalue weighted by molar-refractivity contribution is 5.61. The molecule has 6 heteroatoms. The van der Waals surface area contributed by atoms with Crippen molar-refractivity contribution in [3.05, 3.63) is 34.1 Å². The number of halogens is 1. The molecule has 2 N–H and O–H groups in total. The summed E-state index contributed by atoms with van der Waals surface area (Å²) in [7, 11) is 0. The van der Waals surface area contributed by atoms with Gasteiger partial charge in [0, 0.05) is 18.7 Å². The zero-order valence-corrected chi connectivity index (χ0v) is 10.4. The standard InChI is InChI=1S/C12H17FN2O3/c1-3-12(16,4-2)8-14-10-7-9(13)5-6-11(10)15(17)18/h5-7,14,16H,3-4,8H2,1-2H3. The van der Waals surface area contributed by atoms with Gasteiger partial charge in [0.25, 0.3) is 5.69 Å². The molecule has 0 unspecified atom stereocenters. The third-order valence-electron chi connectivity index (χ3n) is 3.08. The van der Waals surface area contributed by atoms with E-state index >= 15 is 0 Å². The van der Waals surface area contributed by atoms with Gasteiger partial charge in [-0.1, -0.05) is 13.8 Å². The maximum absolute atomic E-state index is 13.1. The van der Waals surface area contributed by atoms with Crippen LogP contribution < -0.4 is 5.32 Å². The Morgan fingerprint density at radius 2 is 2.06 bits per heavy atom. The Morgan fingerprint density at radius 1 is 1.44 bits per heavy atom. The van der Waals surface area contributed by atoms with E-state index in [9.17, 15) is 19.6 Å². The minimum Gasteiger partial charge on any atom is -0.388 e. The van der Waals surface area contributed by atoms with Crippen LogP contribution in [0.25, 0.3) is 0 Å². The summed E-state index contributed by atoms with van der Waals surface area (Å²) in [5, 5.41) is 23.6. The number of hydrogen-bond acceptors (Lipinski definition) is 4. The third kappa shape index (κ3) is 3.40. The van der Waals surface area contributed by atoms with Crippen LogP contribution in [-0.2, 0) is 0 Å². The highest BCUT2D eigenvalue weighted by Crippen LogP contribution is 2.26. The Kier molecular flexibility index (Phi) is 4.61. The predicted octanol–water partition coefficient (Wildman–Crippen LogP) is 2.70. The van der Waals surface area contributed by atoms with Gasteiger partial charge in [-0.3, -0.25) is 10.1 Å². The lowest BCUT2D eigenvalue weighted by atomic mass is 9.97. The molecular formula is C12H17FN2O3. The van der Waals surface area contributed by atoms with Gasteiger partial charge in [0.15, 0.2) is 0 Å². The molecule has 0 aliphatic heterocycles. The van der Waals surface area contributed by atoms with Crippen LogP contribution >= 0.6 is 0 Å². The Labute approximate surface area is 105 Å². The van der Waals surface area contributed by atoms with E-state index in [0.29, 0.717) is 12.8 Å². The van der Waals surface area contributed by atoms with E-state index < -0.39 is 16.3 Å². The van der Waals surface area contributed by atoms with Gasteiger partial charge in [-0.15, -0.1) is 0 Å². The van der Waals surface area contributed by atoms with Crippen molar-refractivity contribution in [1.82, 2.24) is 0 Å². The first kappa shape index (κ1) is 14.4. The number of nitrogens with zero attached hydrogens (tertiary/aromatic N) is 1. The number of benzene rings is 1. The molecule has 18 heavy (non-hydrogen) atoms. The van der Waals surface area contributed by atoms with Crippen molar-refractivity contribution in [1.29, 1.82) is 0 Å². The Bertz CT molecular complexity index is 433. The quantitative estimate of drug-likeness (QED) is 0.606. The van der Waals surface area contributed by atoms with E-state index in [0.717, 1.165) is 18.2 Å². The second kappa shape index (κ2) is 5.77. The van der Waals surface area contributed by atoms with Crippen molar-refractivity contribution in [3.8, 4) is 0 Å². The van der Waals surface area contributed by atoms with Gasteiger partial charge in [0.1, 0.15) is 11.5 Å². The van der Waals surface area contributed by atoms with Crippen molar-refractivity contribution in [2.24, 2.45) is 0 Å². The van der Waals surface area contributed by atoms with Gasteiger partial charge >= 0.3 is 0 Å². The summed E-state index contributed by atoms with van der Waals surface area (Å²) in [4.78, 5) is 10.2. The normalized spacial score (nSPS) is 11.3. The van der Waals surface area contributed by atoms with E-state index in [1.807, 2.05) is 13.8 Å². The molecule has 0 spiro atoms. The topological polar surface area (TPSA) is 75.4 Å². The molecule has 1 aromatic carbocycles. The van der Waals surface area contributed by atoms with Gasteiger partial charge in [0.05, 0.1) is 10.5 Å². The van der Waals surface area contributed by atoms with Crippen molar-refractivity contribution in [3.63, 3.8) is 0 Å². The van der Waals surface area contributed by atoms with E-state index in [2.05, 4.69) is 5.32 Å². The summed E-state index contributed by atoms with van der Waals surface area (Å²) in [5.74, 6) is -0.556. The maximum Gasteiger partial charge on any atom is 0.292 e. The molecule has 0 heterocycles. The van der Waals surface area contributed by atoms with Gasteiger partial charge in [-0.2, -0.15) is 0 Å². The summed E-state index contributed by atoms with van der Waals surface area (Å²) in [6.07, 6.45) is 1.03. The van der Waals surface area contributed by atoms with Gasteiger partial charge in [-0.25, -0.2) is 4.39 Å². The van der Waals surface area contributed by atoms with Gasteiger partial charge in [-0.05, 0) is 18.9 Å². The summed E-state index contributed by atoms with van der Waals surface area (Å²) in [6, 6.07) is 3.20. The first-order valence-corrected chi connectivity index (χ1v) is 5.82. The van der Waals surface area contributed by atoms with Crippen LogP contribution in [0.2, 0.25) is 0 Å². The molecule has 0 aromatic heterocycles. The fourth-order valence-corrected chi connectivity index (χ4v) is 1.57. The molecule has 0 bridgehead atoms. The first-order valence-electron chi connectivity index (χ1n) is 5.82. The summed E-state index contributed by atoms with van der Waals surface area (Å²) in [5.41, 5.74) is -1.06. The van der Waals surface area contributed by atoms with Gasteiger partial charge < -0.3 is 10.4 Å². The second-order valence-electron chi connectivity index (χ2n) is 4.20. The molecule has 0 radical (unpaired) electrons. The van der Waals surface area contributed by atoms with E-state index in [-0.39, 0.29) is 17.9 Å². The number of anilines is 1. The van der Waals surface area contributed by atoms with Crippen LogP contribution in [0.3, 0.4) is 0 Å². The molecule has 0 aliphatic rings. The smallest absolute Gasteiger partial charge is 0.292 e. The fraction of sp³-hybridized carbons (Fsp3) is 0.500. The maximum atomic E-state index is 13.1. The molecule has 100 valence electrons. The minimum absolute atomic E-state index is 0.0836. The number of aliphatic hydroxyl groups is 1. The van der Waals surface area contributed by atoms with Crippen molar-refractivity contribution in [2.45, 2.75) is 32.3 Å². The fourth-order valence-electron chi connectivity index (χ4n) is 1.57. The predicted molar refractivity (Wildman–Crippen MR) is 67.1 cm³/mol. The summed E-state index contributed by atoms with van der Waals surface area (Å²) >= 11 is 0. The SMILES string of the molecule is CCC(O)(CC)CNc1cc(F)ccc1[N+](=O)[O-]. The number of rotatable bonds is 6. The number of hydrogen-bond donors (Lipinski definition) is 2. The monoisotopic (exact) mass is 256 g/mol. The summed E-state index contributed by atoms with van der Waals surface area (Å²) < 4.78 is 13.1. The molecule has 0 aliphatic carbocycles. The van der Waals surface area contributed by atoms with Crippen molar-refractivity contribution < 1.29 is 14.4 Å². The molecule has 0 amide bonds. The largest absolute Gasteiger partial charge is 0.388 e. The highest BCUT2D eigenvalue weighted by Gasteiger charge is 2.23. The number of nitro benzene ring substituents is 1. The molecular weight excluding hydrogens is 239 g/mol. The average Bonchev–Trinajstić information content (AvgIpc) is 2.35.